The summed E-state index contributed by atoms with van der Waals surface area (Å²) in [6.07, 6.45) is 0.952. The zero-order valence-corrected chi connectivity index (χ0v) is 17.4. The third-order valence-corrected chi connectivity index (χ3v) is 6.42. The van der Waals surface area contributed by atoms with Gasteiger partial charge < -0.3 is 0 Å². The van der Waals surface area contributed by atoms with Crippen molar-refractivity contribution in [3.05, 3.63) is 74.3 Å². The molecule has 0 saturated heterocycles. The Morgan fingerprint density at radius 1 is 0.769 bits per heavy atom. The van der Waals surface area contributed by atoms with E-state index in [2.05, 4.69) is 79.7 Å². The predicted molar refractivity (Wildman–Crippen MR) is 111 cm³/mol. The van der Waals surface area contributed by atoms with Gasteiger partial charge in [0.1, 0.15) is 0 Å². The molecule has 0 fully saturated rings. The smallest absolute Gasteiger partial charge is 0.193 e. The van der Waals surface area contributed by atoms with E-state index in [4.69, 9.17) is 0 Å². The summed E-state index contributed by atoms with van der Waals surface area (Å²) < 4.78 is 0. The zero-order chi connectivity index (χ0) is 19.4. The molecule has 0 atom stereocenters. The van der Waals surface area contributed by atoms with Crippen LogP contribution >= 0.6 is 0 Å². The van der Waals surface area contributed by atoms with Crippen molar-refractivity contribution in [3.63, 3.8) is 0 Å². The SMILES string of the molecule is CCc1cc2c(cc1C)C(C)(C)C(C)=C(c1cc(C)c(C)cc1C)C2=O. The van der Waals surface area contributed by atoms with Gasteiger partial charge in [-0.2, -0.15) is 0 Å². The van der Waals surface area contributed by atoms with Gasteiger partial charge in [-0.05, 0) is 86.1 Å². The van der Waals surface area contributed by atoms with E-state index in [1.807, 2.05) is 0 Å². The summed E-state index contributed by atoms with van der Waals surface area (Å²) in [6.45, 7) is 17.3. The molecule has 1 nitrogen and oxygen atoms in total. The highest BCUT2D eigenvalue weighted by molar-refractivity contribution is 6.32. The number of fused-ring (bicyclic) bond motifs is 1. The third-order valence-electron chi connectivity index (χ3n) is 6.42. The van der Waals surface area contributed by atoms with Crippen LogP contribution in [-0.4, -0.2) is 5.78 Å². The summed E-state index contributed by atoms with van der Waals surface area (Å²) in [5.74, 6) is 0.179. The van der Waals surface area contributed by atoms with Gasteiger partial charge in [-0.3, -0.25) is 4.79 Å². The van der Waals surface area contributed by atoms with Gasteiger partial charge in [0.25, 0.3) is 0 Å². The molecule has 0 aliphatic heterocycles. The van der Waals surface area contributed by atoms with Crippen molar-refractivity contribution >= 4 is 11.4 Å². The van der Waals surface area contributed by atoms with Gasteiger partial charge in [-0.25, -0.2) is 0 Å². The fourth-order valence-corrected chi connectivity index (χ4v) is 4.21. The van der Waals surface area contributed by atoms with Gasteiger partial charge in [0, 0.05) is 16.6 Å². The van der Waals surface area contributed by atoms with Crippen molar-refractivity contribution in [1.82, 2.24) is 0 Å². The Morgan fingerprint density at radius 2 is 1.38 bits per heavy atom. The summed E-state index contributed by atoms with van der Waals surface area (Å²) in [4.78, 5) is 13.6. The topological polar surface area (TPSA) is 17.1 Å². The average Bonchev–Trinajstić information content (AvgIpc) is 2.57. The van der Waals surface area contributed by atoms with Crippen molar-refractivity contribution in [3.8, 4) is 0 Å². The van der Waals surface area contributed by atoms with E-state index >= 15 is 0 Å². The van der Waals surface area contributed by atoms with Gasteiger partial charge in [0.05, 0.1) is 0 Å². The maximum absolute atomic E-state index is 13.6. The minimum absolute atomic E-state index is 0.152. The van der Waals surface area contributed by atoms with Crippen LogP contribution in [0.4, 0.5) is 0 Å². The first-order valence-corrected chi connectivity index (χ1v) is 9.57. The van der Waals surface area contributed by atoms with Crippen LogP contribution in [0.1, 0.15) is 77.0 Å². The van der Waals surface area contributed by atoms with Gasteiger partial charge >= 0.3 is 0 Å². The number of carbonyl (C=O) groups excluding carboxylic acids is 1. The Morgan fingerprint density at radius 3 is 2.00 bits per heavy atom. The van der Waals surface area contributed by atoms with Crippen LogP contribution in [0, 0.1) is 27.7 Å². The van der Waals surface area contributed by atoms with Crippen LogP contribution in [0.25, 0.3) is 5.57 Å². The van der Waals surface area contributed by atoms with Gasteiger partial charge in [0.2, 0.25) is 0 Å². The largest absolute Gasteiger partial charge is 0.289 e. The van der Waals surface area contributed by atoms with Gasteiger partial charge in [-0.1, -0.05) is 44.5 Å². The first-order chi connectivity index (χ1) is 12.1. The molecular weight excluding hydrogens is 316 g/mol. The molecule has 0 unspecified atom stereocenters. The van der Waals surface area contributed by atoms with Crippen molar-refractivity contribution in [1.29, 1.82) is 0 Å². The van der Waals surface area contributed by atoms with Crippen LogP contribution < -0.4 is 0 Å². The van der Waals surface area contributed by atoms with Crippen molar-refractivity contribution in [2.75, 3.05) is 0 Å². The summed E-state index contributed by atoms with van der Waals surface area (Å²) in [5, 5.41) is 0. The van der Waals surface area contributed by atoms with Crippen molar-refractivity contribution in [2.45, 2.75) is 67.2 Å². The maximum Gasteiger partial charge on any atom is 0.193 e. The van der Waals surface area contributed by atoms with Crippen LogP contribution in [0.5, 0.6) is 0 Å². The lowest BCUT2D eigenvalue weighted by atomic mass is 9.66. The lowest BCUT2D eigenvalue weighted by Crippen LogP contribution is -2.30. The molecule has 1 heteroatoms. The second-order valence-corrected chi connectivity index (χ2v) is 8.38. The number of ketones is 1. The number of rotatable bonds is 2. The standard InChI is InChI=1S/C25H30O/c1-9-19-13-21-22(12-16(19)4)25(7,8)18(6)23(24(21)26)20-11-15(3)14(2)10-17(20)5/h10-13H,9H2,1-8H3. The van der Waals surface area contributed by atoms with Crippen molar-refractivity contribution in [2.24, 2.45) is 0 Å². The number of Topliss-reactive ketones (excluding diaryl/α,β-unsaturated/α-hetero) is 1. The summed E-state index contributed by atoms with van der Waals surface area (Å²) in [6, 6.07) is 8.77. The molecule has 1 aliphatic carbocycles. The molecule has 0 spiro atoms. The quantitative estimate of drug-likeness (QED) is 0.612. The second kappa shape index (κ2) is 6.23. The number of hydrogen-bond acceptors (Lipinski definition) is 1. The first kappa shape index (κ1) is 18.6. The van der Waals surface area contributed by atoms with Crippen LogP contribution in [0.15, 0.2) is 29.8 Å². The zero-order valence-electron chi connectivity index (χ0n) is 17.4. The van der Waals surface area contributed by atoms with E-state index in [0.29, 0.717) is 0 Å². The predicted octanol–water partition coefficient (Wildman–Crippen LogP) is 6.43. The van der Waals surface area contributed by atoms with Crippen LogP contribution in [0.3, 0.4) is 0 Å². The molecule has 0 N–H and O–H groups in total. The summed E-state index contributed by atoms with van der Waals surface area (Å²) in [5.41, 5.74) is 11.3. The Kier molecular flexibility index (Phi) is 4.46. The van der Waals surface area contributed by atoms with Gasteiger partial charge in [-0.15, -0.1) is 0 Å². The molecule has 0 amide bonds. The lowest BCUT2D eigenvalue weighted by molar-refractivity contribution is 0.105. The maximum atomic E-state index is 13.6. The van der Waals surface area contributed by atoms with E-state index in [0.717, 1.165) is 23.1 Å². The molecule has 1 aliphatic rings. The number of benzene rings is 2. The Labute approximate surface area is 158 Å². The van der Waals surface area contributed by atoms with Crippen molar-refractivity contribution < 1.29 is 4.79 Å². The Balaban J connectivity index is 2.33. The van der Waals surface area contributed by atoms with E-state index in [-0.39, 0.29) is 11.2 Å². The van der Waals surface area contributed by atoms with Crippen LogP contribution in [-0.2, 0) is 11.8 Å². The van der Waals surface area contributed by atoms with Gasteiger partial charge in [0.15, 0.2) is 5.78 Å². The molecule has 3 rings (SSSR count). The second-order valence-electron chi connectivity index (χ2n) is 8.38. The molecule has 0 heterocycles. The molecule has 136 valence electrons. The summed E-state index contributed by atoms with van der Waals surface area (Å²) in [7, 11) is 0. The third kappa shape index (κ3) is 2.65. The first-order valence-electron chi connectivity index (χ1n) is 9.57. The fourth-order valence-electron chi connectivity index (χ4n) is 4.21. The number of aryl methyl sites for hydroxylation is 5. The number of hydrogen-bond donors (Lipinski definition) is 0. The fraction of sp³-hybridized carbons (Fsp3) is 0.400. The number of allylic oxidation sites excluding steroid dienone is 2. The molecule has 0 saturated carbocycles. The minimum atomic E-state index is -0.152. The molecule has 0 bridgehead atoms. The molecule has 0 radical (unpaired) electrons. The molecular formula is C25H30O. The highest BCUT2D eigenvalue weighted by Gasteiger charge is 2.38. The molecule has 2 aromatic carbocycles. The highest BCUT2D eigenvalue weighted by atomic mass is 16.1. The number of carbonyl (C=O) groups is 1. The molecule has 2 aromatic rings. The van der Waals surface area contributed by atoms with E-state index < -0.39 is 0 Å². The lowest BCUT2D eigenvalue weighted by Gasteiger charge is -2.36. The minimum Gasteiger partial charge on any atom is -0.289 e. The summed E-state index contributed by atoms with van der Waals surface area (Å²) >= 11 is 0. The Hall–Kier alpha value is -2.15. The monoisotopic (exact) mass is 346 g/mol. The van der Waals surface area contributed by atoms with E-state index in [1.54, 1.807) is 0 Å². The molecule has 0 aromatic heterocycles. The van der Waals surface area contributed by atoms with E-state index in [1.165, 1.54) is 39.0 Å². The van der Waals surface area contributed by atoms with E-state index in [9.17, 15) is 4.79 Å². The highest BCUT2D eigenvalue weighted by Crippen LogP contribution is 2.45. The van der Waals surface area contributed by atoms with Crippen LogP contribution in [0.2, 0.25) is 0 Å². The Bertz CT molecular complexity index is 955. The average molecular weight is 347 g/mol. The normalized spacial score (nSPS) is 16.1. The molecule has 26 heavy (non-hydrogen) atoms.